The van der Waals surface area contributed by atoms with Crippen molar-refractivity contribution in [3.8, 4) is 11.8 Å². The third-order valence-corrected chi connectivity index (χ3v) is 2.60. The van der Waals surface area contributed by atoms with E-state index in [1.807, 2.05) is 19.9 Å². The van der Waals surface area contributed by atoms with Crippen LogP contribution in [-0.4, -0.2) is 18.6 Å². The fraction of sp³-hybridized carbons (Fsp3) is 0.429. The molecule has 1 aromatic rings. The van der Waals surface area contributed by atoms with Gasteiger partial charge in [-0.1, -0.05) is 0 Å². The lowest BCUT2D eigenvalue weighted by Gasteiger charge is -2.18. The van der Waals surface area contributed by atoms with Crippen LogP contribution in [0.5, 0.6) is 5.75 Å². The van der Waals surface area contributed by atoms with E-state index in [1.54, 1.807) is 18.2 Å². The number of nitriles is 1. The first-order chi connectivity index (χ1) is 8.85. The molecule has 102 valence electrons. The van der Waals surface area contributed by atoms with Gasteiger partial charge in [0.1, 0.15) is 5.75 Å². The minimum absolute atomic E-state index is 0.124. The SMILES string of the molecule is COc1cc(C#N)ccc1NC(=O)CCC(C)(C)N. The van der Waals surface area contributed by atoms with Gasteiger partial charge in [0.25, 0.3) is 0 Å². The molecule has 1 amide bonds. The normalized spacial score (nSPS) is 10.7. The predicted molar refractivity (Wildman–Crippen MR) is 73.8 cm³/mol. The van der Waals surface area contributed by atoms with Crippen LogP contribution >= 0.6 is 0 Å². The van der Waals surface area contributed by atoms with Crippen LogP contribution < -0.4 is 15.8 Å². The van der Waals surface area contributed by atoms with Crippen LogP contribution in [0.3, 0.4) is 0 Å². The Kier molecular flexibility index (Phi) is 4.90. The summed E-state index contributed by atoms with van der Waals surface area (Å²) in [6.45, 7) is 3.76. The molecule has 5 heteroatoms. The van der Waals surface area contributed by atoms with E-state index in [9.17, 15) is 4.79 Å². The number of amides is 1. The van der Waals surface area contributed by atoms with Crippen LogP contribution in [0.15, 0.2) is 18.2 Å². The second-order valence-corrected chi connectivity index (χ2v) is 5.06. The van der Waals surface area contributed by atoms with Gasteiger partial charge in [0.2, 0.25) is 5.91 Å². The number of anilines is 1. The van der Waals surface area contributed by atoms with Gasteiger partial charge >= 0.3 is 0 Å². The first-order valence-electron chi connectivity index (χ1n) is 6.02. The smallest absolute Gasteiger partial charge is 0.224 e. The Morgan fingerprint density at radius 2 is 2.21 bits per heavy atom. The van der Waals surface area contributed by atoms with Gasteiger partial charge in [-0.05, 0) is 32.4 Å². The van der Waals surface area contributed by atoms with Crippen molar-refractivity contribution >= 4 is 11.6 Å². The zero-order chi connectivity index (χ0) is 14.5. The highest BCUT2D eigenvalue weighted by Crippen LogP contribution is 2.25. The third-order valence-electron chi connectivity index (χ3n) is 2.60. The number of nitrogens with one attached hydrogen (secondary N) is 1. The summed E-state index contributed by atoms with van der Waals surface area (Å²) in [4.78, 5) is 11.8. The van der Waals surface area contributed by atoms with Gasteiger partial charge in [-0.25, -0.2) is 0 Å². The number of methoxy groups -OCH3 is 1. The molecular formula is C14H19N3O2. The van der Waals surface area contributed by atoms with Crippen LogP contribution in [0.2, 0.25) is 0 Å². The minimum atomic E-state index is -0.369. The molecule has 0 aromatic heterocycles. The Hall–Kier alpha value is -2.06. The van der Waals surface area contributed by atoms with Gasteiger partial charge in [0, 0.05) is 18.0 Å². The van der Waals surface area contributed by atoms with Crippen molar-refractivity contribution in [2.24, 2.45) is 5.73 Å². The third kappa shape index (κ3) is 4.98. The number of carbonyl (C=O) groups excluding carboxylic acids is 1. The monoisotopic (exact) mass is 261 g/mol. The molecule has 0 aliphatic carbocycles. The van der Waals surface area contributed by atoms with Crippen molar-refractivity contribution in [3.05, 3.63) is 23.8 Å². The molecule has 0 radical (unpaired) electrons. The Labute approximate surface area is 113 Å². The summed E-state index contributed by atoms with van der Waals surface area (Å²) in [5, 5.41) is 11.6. The number of ether oxygens (including phenoxy) is 1. The van der Waals surface area contributed by atoms with E-state index < -0.39 is 0 Å². The number of hydrogen-bond donors (Lipinski definition) is 2. The number of nitrogens with zero attached hydrogens (tertiary/aromatic N) is 1. The van der Waals surface area contributed by atoms with Crippen LogP contribution in [0.4, 0.5) is 5.69 Å². The quantitative estimate of drug-likeness (QED) is 0.848. The summed E-state index contributed by atoms with van der Waals surface area (Å²) in [5.74, 6) is 0.348. The lowest BCUT2D eigenvalue weighted by atomic mass is 10.00. The zero-order valence-corrected chi connectivity index (χ0v) is 11.5. The average molecular weight is 261 g/mol. The maximum atomic E-state index is 11.8. The summed E-state index contributed by atoms with van der Waals surface area (Å²) < 4.78 is 5.14. The number of carbonyl (C=O) groups is 1. The molecule has 1 aromatic carbocycles. The van der Waals surface area contributed by atoms with E-state index in [1.165, 1.54) is 7.11 Å². The van der Waals surface area contributed by atoms with E-state index in [4.69, 9.17) is 15.7 Å². The van der Waals surface area contributed by atoms with Crippen LogP contribution in [0.1, 0.15) is 32.3 Å². The number of benzene rings is 1. The molecule has 0 unspecified atom stereocenters. The van der Waals surface area contributed by atoms with Crippen molar-refractivity contribution in [2.45, 2.75) is 32.2 Å². The van der Waals surface area contributed by atoms with E-state index in [0.29, 0.717) is 29.8 Å². The highest BCUT2D eigenvalue weighted by molar-refractivity contribution is 5.92. The highest BCUT2D eigenvalue weighted by Gasteiger charge is 2.14. The van der Waals surface area contributed by atoms with Gasteiger partial charge in [-0.2, -0.15) is 5.26 Å². The average Bonchev–Trinajstić information content (AvgIpc) is 2.36. The molecule has 0 saturated carbocycles. The molecule has 0 fully saturated rings. The van der Waals surface area contributed by atoms with Crippen molar-refractivity contribution in [3.63, 3.8) is 0 Å². The first-order valence-corrected chi connectivity index (χ1v) is 6.02. The van der Waals surface area contributed by atoms with Crippen molar-refractivity contribution < 1.29 is 9.53 Å². The van der Waals surface area contributed by atoms with E-state index in [2.05, 4.69) is 5.32 Å². The summed E-state index contributed by atoms with van der Waals surface area (Å²) in [5.41, 5.74) is 6.50. The van der Waals surface area contributed by atoms with Gasteiger partial charge < -0.3 is 15.8 Å². The van der Waals surface area contributed by atoms with Crippen LogP contribution in [0, 0.1) is 11.3 Å². The van der Waals surface area contributed by atoms with Crippen molar-refractivity contribution in [1.29, 1.82) is 5.26 Å². The fourth-order valence-corrected chi connectivity index (χ4v) is 1.51. The molecule has 1 rings (SSSR count). The van der Waals surface area contributed by atoms with E-state index >= 15 is 0 Å². The maximum Gasteiger partial charge on any atom is 0.224 e. The van der Waals surface area contributed by atoms with E-state index in [0.717, 1.165) is 0 Å². The van der Waals surface area contributed by atoms with Gasteiger partial charge in [-0.3, -0.25) is 4.79 Å². The second-order valence-electron chi connectivity index (χ2n) is 5.06. The summed E-state index contributed by atoms with van der Waals surface area (Å²) in [6, 6.07) is 6.89. The topological polar surface area (TPSA) is 88.1 Å². The van der Waals surface area contributed by atoms with Crippen LogP contribution in [0.25, 0.3) is 0 Å². The molecule has 5 nitrogen and oxygen atoms in total. The molecule has 0 aliphatic rings. The molecule has 0 heterocycles. The summed E-state index contributed by atoms with van der Waals surface area (Å²) in [7, 11) is 1.50. The molecule has 19 heavy (non-hydrogen) atoms. The molecule has 3 N–H and O–H groups in total. The standard InChI is InChI=1S/C14H19N3O2/c1-14(2,16)7-6-13(18)17-11-5-4-10(9-15)8-12(11)19-3/h4-5,8H,6-7,16H2,1-3H3,(H,17,18). The molecule has 0 aliphatic heterocycles. The van der Waals surface area contributed by atoms with Gasteiger partial charge in [-0.15, -0.1) is 0 Å². The van der Waals surface area contributed by atoms with Crippen molar-refractivity contribution in [1.82, 2.24) is 0 Å². The highest BCUT2D eigenvalue weighted by atomic mass is 16.5. The Balaban J connectivity index is 2.72. The van der Waals surface area contributed by atoms with Gasteiger partial charge in [0.05, 0.1) is 24.4 Å². The Morgan fingerprint density at radius 1 is 1.53 bits per heavy atom. The van der Waals surface area contributed by atoms with Gasteiger partial charge in [0.15, 0.2) is 0 Å². The second kappa shape index (κ2) is 6.21. The first kappa shape index (κ1) is 15.0. The van der Waals surface area contributed by atoms with Crippen LogP contribution in [-0.2, 0) is 4.79 Å². The number of nitrogens with two attached hydrogens (primary N) is 1. The van der Waals surface area contributed by atoms with E-state index in [-0.39, 0.29) is 11.4 Å². The maximum absolute atomic E-state index is 11.8. The number of rotatable bonds is 5. The molecule has 0 bridgehead atoms. The number of hydrogen-bond acceptors (Lipinski definition) is 4. The predicted octanol–water partition coefficient (Wildman–Crippen LogP) is 2.02. The summed E-state index contributed by atoms with van der Waals surface area (Å²) in [6.07, 6.45) is 0.935. The van der Waals surface area contributed by atoms with Crippen molar-refractivity contribution in [2.75, 3.05) is 12.4 Å². The zero-order valence-electron chi connectivity index (χ0n) is 11.5. The molecule has 0 spiro atoms. The Bertz CT molecular complexity index is 498. The lowest BCUT2D eigenvalue weighted by Crippen LogP contribution is -2.33. The minimum Gasteiger partial charge on any atom is -0.495 e. The molecule has 0 saturated heterocycles. The summed E-state index contributed by atoms with van der Waals surface area (Å²) >= 11 is 0. The lowest BCUT2D eigenvalue weighted by molar-refractivity contribution is -0.116. The Morgan fingerprint density at radius 3 is 2.74 bits per heavy atom. The fourth-order valence-electron chi connectivity index (χ4n) is 1.51. The molecular weight excluding hydrogens is 242 g/mol. The molecule has 0 atom stereocenters. The largest absolute Gasteiger partial charge is 0.495 e.